The van der Waals surface area contributed by atoms with E-state index in [-0.39, 0.29) is 6.61 Å². The van der Waals surface area contributed by atoms with E-state index in [1.54, 1.807) is 17.8 Å². The van der Waals surface area contributed by atoms with Gasteiger partial charge >= 0.3 is 5.97 Å². The summed E-state index contributed by atoms with van der Waals surface area (Å²) in [5, 5.41) is 10.8. The second kappa shape index (κ2) is 9.12. The first-order chi connectivity index (χ1) is 15.6. The largest absolute Gasteiger partial charge is 0.464 e. The number of ether oxygens (including phenoxy) is 2. The number of piperidine rings is 1. The maximum Gasteiger partial charge on any atom is 0.336 e. The monoisotopic (exact) mass is 462 g/mol. The lowest BCUT2D eigenvalue weighted by atomic mass is 9.95. The standard InChI is InChI=1S/C21H30N6O4S/c1-2-31-20(29)21(12-32-11-16(21)28)27-14-24-17-18(22-13-23-19(17)27)26-5-3-15(4-6-26)25-7-9-30-10-8-25/h13-16,28H,2-12H2,1H3. The van der Waals surface area contributed by atoms with Crippen molar-refractivity contribution < 1.29 is 19.4 Å². The molecule has 5 rings (SSSR count). The molecule has 0 spiro atoms. The molecule has 0 amide bonds. The molecule has 0 aromatic carbocycles. The van der Waals surface area contributed by atoms with Gasteiger partial charge in [-0.3, -0.25) is 9.47 Å². The molecular weight excluding hydrogens is 432 g/mol. The van der Waals surface area contributed by atoms with Gasteiger partial charge in [-0.15, -0.1) is 0 Å². The Morgan fingerprint density at radius 3 is 2.72 bits per heavy atom. The van der Waals surface area contributed by atoms with Crippen molar-refractivity contribution in [1.82, 2.24) is 24.4 Å². The van der Waals surface area contributed by atoms with Crippen LogP contribution in [0, 0.1) is 0 Å². The zero-order valence-electron chi connectivity index (χ0n) is 18.4. The van der Waals surface area contributed by atoms with Gasteiger partial charge in [-0.2, -0.15) is 11.8 Å². The van der Waals surface area contributed by atoms with Crippen LogP contribution in [0.1, 0.15) is 19.8 Å². The molecule has 0 radical (unpaired) electrons. The van der Waals surface area contributed by atoms with E-state index >= 15 is 0 Å². The Balaban J connectivity index is 1.42. The minimum atomic E-state index is -1.22. The minimum Gasteiger partial charge on any atom is -0.464 e. The number of imidazole rings is 1. The molecular formula is C21H30N6O4S. The number of aliphatic hydroxyl groups is 1. The summed E-state index contributed by atoms with van der Waals surface area (Å²) in [6.07, 6.45) is 4.39. The molecule has 174 valence electrons. The van der Waals surface area contributed by atoms with Crippen molar-refractivity contribution >= 4 is 34.7 Å². The van der Waals surface area contributed by atoms with Gasteiger partial charge in [0.25, 0.3) is 0 Å². The number of aromatic nitrogens is 4. The molecule has 1 N–H and O–H groups in total. The summed E-state index contributed by atoms with van der Waals surface area (Å²) in [6.45, 7) is 7.44. The summed E-state index contributed by atoms with van der Waals surface area (Å²) < 4.78 is 12.6. The Morgan fingerprint density at radius 2 is 2.03 bits per heavy atom. The van der Waals surface area contributed by atoms with E-state index in [0.29, 0.717) is 28.7 Å². The number of morpholine rings is 1. The molecule has 2 aromatic rings. The van der Waals surface area contributed by atoms with Gasteiger partial charge in [0.05, 0.1) is 32.3 Å². The number of hydrogen-bond donors (Lipinski definition) is 1. The molecule has 10 nitrogen and oxygen atoms in total. The second-order valence-electron chi connectivity index (χ2n) is 8.53. The normalized spacial score (nSPS) is 27.8. The molecule has 3 fully saturated rings. The van der Waals surface area contributed by atoms with Crippen molar-refractivity contribution in [1.29, 1.82) is 0 Å². The summed E-state index contributed by atoms with van der Waals surface area (Å²) in [7, 11) is 0. The highest BCUT2D eigenvalue weighted by atomic mass is 32.2. The first-order valence-corrected chi connectivity index (χ1v) is 12.5. The van der Waals surface area contributed by atoms with Crippen molar-refractivity contribution in [2.24, 2.45) is 0 Å². The van der Waals surface area contributed by atoms with Gasteiger partial charge in [-0.25, -0.2) is 19.7 Å². The third-order valence-electron chi connectivity index (χ3n) is 6.85. The summed E-state index contributed by atoms with van der Waals surface area (Å²) in [6, 6.07) is 0.572. The molecule has 5 heterocycles. The summed E-state index contributed by atoms with van der Waals surface area (Å²) >= 11 is 1.53. The van der Waals surface area contributed by atoms with Gasteiger partial charge in [-0.1, -0.05) is 0 Å². The molecule has 2 unspecified atom stereocenters. The number of carbonyl (C=O) groups excluding carboxylic acids is 1. The number of aliphatic hydroxyl groups excluding tert-OH is 1. The molecule has 3 saturated heterocycles. The van der Waals surface area contributed by atoms with Crippen molar-refractivity contribution in [3.63, 3.8) is 0 Å². The molecule has 0 saturated carbocycles. The number of fused-ring (bicyclic) bond motifs is 1. The summed E-state index contributed by atoms with van der Waals surface area (Å²) in [5.41, 5.74) is -0.00492. The van der Waals surface area contributed by atoms with Crippen molar-refractivity contribution in [2.45, 2.75) is 37.5 Å². The second-order valence-corrected chi connectivity index (χ2v) is 9.56. The number of rotatable bonds is 5. The van der Waals surface area contributed by atoms with Crippen LogP contribution in [0.15, 0.2) is 12.7 Å². The Bertz CT molecular complexity index is 959. The van der Waals surface area contributed by atoms with Crippen molar-refractivity contribution in [3.8, 4) is 0 Å². The fourth-order valence-electron chi connectivity index (χ4n) is 5.07. The third-order valence-corrected chi connectivity index (χ3v) is 8.04. The predicted molar refractivity (Wildman–Crippen MR) is 121 cm³/mol. The van der Waals surface area contributed by atoms with E-state index in [0.717, 1.165) is 58.1 Å². The Kier molecular flexibility index (Phi) is 6.24. The van der Waals surface area contributed by atoms with Crippen LogP contribution in [0.25, 0.3) is 11.2 Å². The van der Waals surface area contributed by atoms with Crippen molar-refractivity contribution in [2.75, 3.05) is 62.4 Å². The number of anilines is 1. The van der Waals surface area contributed by atoms with Crippen molar-refractivity contribution in [3.05, 3.63) is 12.7 Å². The smallest absolute Gasteiger partial charge is 0.336 e. The van der Waals surface area contributed by atoms with Gasteiger partial charge in [0.15, 0.2) is 22.5 Å². The Morgan fingerprint density at radius 1 is 1.25 bits per heavy atom. The van der Waals surface area contributed by atoms with E-state index in [9.17, 15) is 9.90 Å². The molecule has 3 aliphatic heterocycles. The van der Waals surface area contributed by atoms with Gasteiger partial charge in [0.1, 0.15) is 6.33 Å². The van der Waals surface area contributed by atoms with E-state index in [2.05, 4.69) is 24.8 Å². The fraction of sp³-hybridized carbons (Fsp3) is 0.714. The Labute approximate surface area is 191 Å². The molecule has 0 bridgehead atoms. The maximum absolute atomic E-state index is 13.0. The van der Waals surface area contributed by atoms with Crippen LogP contribution in [-0.2, 0) is 19.8 Å². The molecule has 0 aliphatic carbocycles. The average Bonchev–Trinajstić information content (AvgIpc) is 3.44. The van der Waals surface area contributed by atoms with Crippen LogP contribution in [0.5, 0.6) is 0 Å². The zero-order valence-corrected chi connectivity index (χ0v) is 19.2. The highest BCUT2D eigenvalue weighted by Gasteiger charge is 2.53. The molecule has 3 aliphatic rings. The highest BCUT2D eigenvalue weighted by molar-refractivity contribution is 7.99. The minimum absolute atomic E-state index is 0.253. The SMILES string of the molecule is CCOC(=O)C1(n2cnc3c(N4CCC(N5CCOCC5)CC4)ncnc32)CSCC1O. The summed E-state index contributed by atoms with van der Waals surface area (Å²) in [5.74, 6) is 1.23. The van der Waals surface area contributed by atoms with Crippen LogP contribution >= 0.6 is 11.8 Å². The molecule has 11 heteroatoms. The predicted octanol–water partition coefficient (Wildman–Crippen LogP) is 0.493. The van der Waals surface area contributed by atoms with E-state index in [1.807, 2.05) is 0 Å². The molecule has 32 heavy (non-hydrogen) atoms. The number of carbonyl (C=O) groups is 1. The topological polar surface area (TPSA) is 106 Å². The lowest BCUT2D eigenvalue weighted by molar-refractivity contribution is -0.157. The first-order valence-electron chi connectivity index (χ1n) is 11.3. The van der Waals surface area contributed by atoms with Gasteiger partial charge in [-0.05, 0) is 19.8 Å². The number of hydrogen-bond acceptors (Lipinski definition) is 10. The van der Waals surface area contributed by atoms with Crippen LogP contribution < -0.4 is 4.90 Å². The lowest BCUT2D eigenvalue weighted by Crippen LogP contribution is -2.51. The highest BCUT2D eigenvalue weighted by Crippen LogP contribution is 2.39. The number of nitrogens with zero attached hydrogens (tertiary/aromatic N) is 6. The van der Waals surface area contributed by atoms with E-state index in [4.69, 9.17) is 9.47 Å². The first kappa shape index (κ1) is 21.9. The number of esters is 1. The zero-order chi connectivity index (χ0) is 22.1. The third kappa shape index (κ3) is 3.64. The summed E-state index contributed by atoms with van der Waals surface area (Å²) in [4.78, 5) is 31.4. The Hall–Kier alpha value is -1.95. The van der Waals surface area contributed by atoms with E-state index in [1.165, 1.54) is 18.1 Å². The quantitative estimate of drug-likeness (QED) is 0.631. The lowest BCUT2D eigenvalue weighted by Gasteiger charge is -2.40. The molecule has 2 aromatic heterocycles. The van der Waals surface area contributed by atoms with Gasteiger partial charge in [0.2, 0.25) is 0 Å². The van der Waals surface area contributed by atoms with Crippen LogP contribution in [0.3, 0.4) is 0 Å². The van der Waals surface area contributed by atoms with Gasteiger partial charge in [0, 0.05) is 43.7 Å². The van der Waals surface area contributed by atoms with Crippen LogP contribution in [0.4, 0.5) is 5.82 Å². The van der Waals surface area contributed by atoms with Gasteiger partial charge < -0.3 is 19.5 Å². The fourth-order valence-corrected chi connectivity index (χ4v) is 6.45. The van der Waals surface area contributed by atoms with Crippen LogP contribution in [-0.4, -0.2) is 105 Å². The van der Waals surface area contributed by atoms with E-state index < -0.39 is 17.6 Å². The average molecular weight is 463 g/mol. The number of thioether (sulfide) groups is 1. The van der Waals surface area contributed by atoms with Crippen LogP contribution in [0.2, 0.25) is 0 Å². The molecule has 2 atom stereocenters. The maximum atomic E-state index is 13.0.